The second kappa shape index (κ2) is 6.45. The Balaban J connectivity index is 1.98. The molecule has 2 atom stereocenters. The van der Waals surface area contributed by atoms with Gasteiger partial charge in [0.25, 0.3) is 0 Å². The lowest BCUT2D eigenvalue weighted by molar-refractivity contribution is -0.135. The minimum atomic E-state index is -4.01. The lowest BCUT2D eigenvalue weighted by Gasteiger charge is -2.28. The van der Waals surface area contributed by atoms with Crippen molar-refractivity contribution in [2.45, 2.75) is 44.8 Å². The molecule has 0 amide bonds. The largest absolute Gasteiger partial charge is 0.389 e. The van der Waals surface area contributed by atoms with Gasteiger partial charge in [-0.1, -0.05) is 6.92 Å². The molecule has 0 saturated carbocycles. The van der Waals surface area contributed by atoms with Crippen LogP contribution in [0.5, 0.6) is 0 Å². The monoisotopic (exact) mass is 238 g/mol. The van der Waals surface area contributed by atoms with Crippen molar-refractivity contribution in [3.8, 4) is 0 Å². The second-order valence-corrected chi connectivity index (χ2v) is 4.70. The molecule has 0 aliphatic carbocycles. The predicted octanol–water partition coefficient (Wildman–Crippen LogP) is 2.31. The van der Waals surface area contributed by atoms with Gasteiger partial charge in [0.2, 0.25) is 0 Å². The summed E-state index contributed by atoms with van der Waals surface area (Å²) in [7, 11) is 0. The van der Waals surface area contributed by atoms with Crippen LogP contribution in [0.4, 0.5) is 13.2 Å². The summed E-state index contributed by atoms with van der Waals surface area (Å²) >= 11 is 0. The molecular formula is C11H21F3N2. The van der Waals surface area contributed by atoms with Gasteiger partial charge < -0.3 is 10.6 Å². The molecule has 1 aliphatic heterocycles. The van der Waals surface area contributed by atoms with Crippen molar-refractivity contribution in [2.75, 3.05) is 19.6 Å². The zero-order valence-electron chi connectivity index (χ0n) is 9.74. The van der Waals surface area contributed by atoms with E-state index in [1.165, 1.54) is 6.42 Å². The highest BCUT2D eigenvalue weighted by Gasteiger charge is 2.25. The Kier molecular flexibility index (Phi) is 5.55. The maximum Gasteiger partial charge on any atom is 0.389 e. The number of hydrogen-bond donors (Lipinski definition) is 2. The van der Waals surface area contributed by atoms with E-state index in [2.05, 4.69) is 17.6 Å². The highest BCUT2D eigenvalue weighted by molar-refractivity contribution is 4.77. The van der Waals surface area contributed by atoms with Crippen molar-refractivity contribution in [3.05, 3.63) is 0 Å². The Labute approximate surface area is 95.0 Å². The molecule has 1 rings (SSSR count). The average Bonchev–Trinajstić information content (AvgIpc) is 2.15. The van der Waals surface area contributed by atoms with Gasteiger partial charge in [-0.25, -0.2) is 0 Å². The summed E-state index contributed by atoms with van der Waals surface area (Å²) in [5, 5.41) is 6.46. The molecule has 0 bridgehead atoms. The van der Waals surface area contributed by atoms with Crippen LogP contribution in [-0.2, 0) is 0 Å². The molecule has 0 aromatic heterocycles. The Bertz CT molecular complexity index is 194. The van der Waals surface area contributed by atoms with Crippen LogP contribution in [0.25, 0.3) is 0 Å². The van der Waals surface area contributed by atoms with Crippen molar-refractivity contribution in [1.29, 1.82) is 0 Å². The zero-order chi connectivity index (χ0) is 12.0. The van der Waals surface area contributed by atoms with Gasteiger partial charge >= 0.3 is 6.18 Å². The first kappa shape index (κ1) is 13.8. The molecule has 1 aliphatic rings. The highest BCUT2D eigenvalue weighted by atomic mass is 19.4. The van der Waals surface area contributed by atoms with Gasteiger partial charge in [0.05, 0.1) is 0 Å². The van der Waals surface area contributed by atoms with Gasteiger partial charge in [-0.2, -0.15) is 13.2 Å². The molecule has 0 aromatic rings. The van der Waals surface area contributed by atoms with Crippen LogP contribution < -0.4 is 10.6 Å². The lowest BCUT2D eigenvalue weighted by Crippen LogP contribution is -2.44. The number of halogens is 3. The topological polar surface area (TPSA) is 24.1 Å². The first-order valence-corrected chi connectivity index (χ1v) is 5.98. The highest BCUT2D eigenvalue weighted by Crippen LogP contribution is 2.20. The number of alkyl halides is 3. The lowest BCUT2D eigenvalue weighted by atomic mass is 9.94. The van der Waals surface area contributed by atoms with E-state index in [1.54, 1.807) is 0 Å². The molecule has 1 fully saturated rings. The summed E-state index contributed by atoms with van der Waals surface area (Å²) in [6.45, 7) is 4.47. The van der Waals surface area contributed by atoms with E-state index < -0.39 is 12.6 Å². The predicted molar refractivity (Wildman–Crippen MR) is 58.3 cm³/mol. The molecule has 5 heteroatoms. The number of rotatable bonds is 5. The average molecular weight is 238 g/mol. The van der Waals surface area contributed by atoms with Gasteiger partial charge in [0.1, 0.15) is 0 Å². The number of piperidine rings is 1. The first-order valence-electron chi connectivity index (χ1n) is 5.98. The van der Waals surface area contributed by atoms with Gasteiger partial charge in [0, 0.05) is 19.0 Å². The molecule has 2 unspecified atom stereocenters. The molecule has 2 nitrogen and oxygen atoms in total. The summed E-state index contributed by atoms with van der Waals surface area (Å²) in [5.41, 5.74) is 0. The standard InChI is InChI=1S/C11H21F3N2/c1-9-3-6-16-10(7-9)8-15-5-2-4-11(12,13)14/h9-10,15-16H,2-8H2,1H3. The summed E-state index contributed by atoms with van der Waals surface area (Å²) in [6.07, 6.45) is -2.21. The summed E-state index contributed by atoms with van der Waals surface area (Å²) in [5.74, 6) is 0.725. The van der Waals surface area contributed by atoms with Crippen LogP contribution in [0.15, 0.2) is 0 Å². The molecule has 0 radical (unpaired) electrons. The summed E-state index contributed by atoms with van der Waals surface area (Å²) in [6, 6.07) is 0.426. The molecule has 96 valence electrons. The van der Waals surface area contributed by atoms with Crippen LogP contribution in [0.2, 0.25) is 0 Å². The fourth-order valence-electron chi connectivity index (χ4n) is 2.07. The van der Waals surface area contributed by atoms with Crippen molar-refractivity contribution in [3.63, 3.8) is 0 Å². The maximum atomic E-state index is 11.8. The smallest absolute Gasteiger partial charge is 0.315 e. The molecule has 0 spiro atoms. The van der Waals surface area contributed by atoms with Gasteiger partial charge in [-0.15, -0.1) is 0 Å². The van der Waals surface area contributed by atoms with Crippen molar-refractivity contribution < 1.29 is 13.2 Å². The fraction of sp³-hybridized carbons (Fsp3) is 1.00. The Hall–Kier alpha value is -0.290. The third-order valence-electron chi connectivity index (χ3n) is 2.96. The molecule has 1 saturated heterocycles. The van der Waals surface area contributed by atoms with Crippen LogP contribution in [-0.4, -0.2) is 31.9 Å². The Morgan fingerprint density at radius 1 is 1.38 bits per heavy atom. The minimum Gasteiger partial charge on any atom is -0.315 e. The normalized spacial score (nSPS) is 27.0. The SMILES string of the molecule is CC1CCNC(CNCCCC(F)(F)F)C1. The molecule has 16 heavy (non-hydrogen) atoms. The van der Waals surface area contributed by atoms with E-state index in [-0.39, 0.29) is 6.42 Å². The minimum absolute atomic E-state index is 0.172. The van der Waals surface area contributed by atoms with Crippen LogP contribution in [0.1, 0.15) is 32.6 Å². The Morgan fingerprint density at radius 2 is 2.12 bits per heavy atom. The zero-order valence-corrected chi connectivity index (χ0v) is 9.74. The fourth-order valence-corrected chi connectivity index (χ4v) is 2.07. The maximum absolute atomic E-state index is 11.8. The summed E-state index contributed by atoms with van der Waals surface area (Å²) < 4.78 is 35.5. The second-order valence-electron chi connectivity index (χ2n) is 4.70. The van der Waals surface area contributed by atoms with Crippen LogP contribution in [0.3, 0.4) is 0 Å². The molecule has 0 aromatic carbocycles. The van der Waals surface area contributed by atoms with E-state index in [0.717, 1.165) is 25.4 Å². The summed E-state index contributed by atoms with van der Waals surface area (Å²) in [4.78, 5) is 0. The number of hydrogen-bond acceptors (Lipinski definition) is 2. The third kappa shape index (κ3) is 6.33. The van der Waals surface area contributed by atoms with Crippen molar-refractivity contribution in [2.24, 2.45) is 5.92 Å². The van der Waals surface area contributed by atoms with E-state index in [4.69, 9.17) is 0 Å². The van der Waals surface area contributed by atoms with Crippen LogP contribution >= 0.6 is 0 Å². The van der Waals surface area contributed by atoms with E-state index >= 15 is 0 Å². The van der Waals surface area contributed by atoms with Crippen molar-refractivity contribution in [1.82, 2.24) is 10.6 Å². The quantitative estimate of drug-likeness (QED) is 0.718. The molecule has 1 heterocycles. The van der Waals surface area contributed by atoms with Gasteiger partial charge in [-0.3, -0.25) is 0 Å². The molecule has 2 N–H and O–H groups in total. The number of nitrogens with one attached hydrogen (secondary N) is 2. The first-order chi connectivity index (χ1) is 7.47. The Morgan fingerprint density at radius 3 is 2.75 bits per heavy atom. The van der Waals surface area contributed by atoms with Gasteiger partial charge in [0.15, 0.2) is 0 Å². The van der Waals surface area contributed by atoms with E-state index in [1.807, 2.05) is 0 Å². The van der Waals surface area contributed by atoms with E-state index in [9.17, 15) is 13.2 Å². The third-order valence-corrected chi connectivity index (χ3v) is 2.96. The van der Waals surface area contributed by atoms with Gasteiger partial charge in [-0.05, 0) is 38.3 Å². The van der Waals surface area contributed by atoms with Crippen molar-refractivity contribution >= 4 is 0 Å². The molecular weight excluding hydrogens is 217 g/mol. The van der Waals surface area contributed by atoms with Crippen LogP contribution in [0, 0.1) is 5.92 Å². The van der Waals surface area contributed by atoms with E-state index in [0.29, 0.717) is 12.6 Å².